The van der Waals surface area contributed by atoms with Crippen molar-refractivity contribution in [3.05, 3.63) is 70.3 Å². The van der Waals surface area contributed by atoms with Gasteiger partial charge in [0, 0.05) is 12.2 Å². The standard InChI is InChI=1S/C21H26N4OS/c1-5-26-20-12-8-18(9-13-20)14-23(4)15-24-21(27)25(17(3)22-24)19-10-6-16(2)7-11-19/h6-13H,5,14-15H2,1-4H3. The third kappa shape index (κ3) is 4.64. The van der Waals surface area contributed by atoms with Crippen LogP contribution in [0.25, 0.3) is 5.69 Å². The van der Waals surface area contributed by atoms with E-state index in [2.05, 4.69) is 60.4 Å². The predicted octanol–water partition coefficient (Wildman–Crippen LogP) is 4.51. The van der Waals surface area contributed by atoms with Crippen molar-refractivity contribution < 1.29 is 4.74 Å². The van der Waals surface area contributed by atoms with Gasteiger partial charge in [0.15, 0.2) is 0 Å². The predicted molar refractivity (Wildman–Crippen MR) is 111 cm³/mol. The monoisotopic (exact) mass is 382 g/mol. The van der Waals surface area contributed by atoms with Crippen LogP contribution in [-0.2, 0) is 13.2 Å². The van der Waals surface area contributed by atoms with E-state index in [0.29, 0.717) is 18.0 Å². The minimum absolute atomic E-state index is 0.631. The Morgan fingerprint density at radius 1 is 1.04 bits per heavy atom. The van der Waals surface area contributed by atoms with E-state index < -0.39 is 0 Å². The van der Waals surface area contributed by atoms with E-state index in [-0.39, 0.29) is 0 Å². The van der Waals surface area contributed by atoms with Gasteiger partial charge in [-0.15, -0.1) is 0 Å². The van der Waals surface area contributed by atoms with E-state index >= 15 is 0 Å². The van der Waals surface area contributed by atoms with Crippen LogP contribution in [0, 0.1) is 18.6 Å². The number of nitrogens with zero attached hydrogens (tertiary/aromatic N) is 4. The van der Waals surface area contributed by atoms with Crippen molar-refractivity contribution in [2.45, 2.75) is 34.0 Å². The highest BCUT2D eigenvalue weighted by Crippen LogP contribution is 2.15. The minimum Gasteiger partial charge on any atom is -0.494 e. The highest BCUT2D eigenvalue weighted by Gasteiger charge is 2.11. The van der Waals surface area contributed by atoms with Gasteiger partial charge in [-0.25, -0.2) is 4.68 Å². The van der Waals surface area contributed by atoms with Crippen molar-refractivity contribution in [3.63, 3.8) is 0 Å². The van der Waals surface area contributed by atoms with Gasteiger partial charge < -0.3 is 4.74 Å². The van der Waals surface area contributed by atoms with Crippen molar-refractivity contribution in [2.24, 2.45) is 0 Å². The lowest BCUT2D eigenvalue weighted by atomic mass is 10.2. The van der Waals surface area contributed by atoms with Crippen LogP contribution in [0.4, 0.5) is 0 Å². The highest BCUT2D eigenvalue weighted by atomic mass is 32.1. The van der Waals surface area contributed by atoms with Crippen LogP contribution in [0.15, 0.2) is 48.5 Å². The Morgan fingerprint density at radius 3 is 2.33 bits per heavy atom. The Kier molecular flexibility index (Phi) is 6.08. The summed E-state index contributed by atoms with van der Waals surface area (Å²) in [4.78, 5) is 2.19. The topological polar surface area (TPSA) is 35.2 Å². The third-order valence-corrected chi connectivity index (χ3v) is 4.75. The lowest BCUT2D eigenvalue weighted by molar-refractivity contribution is 0.243. The Balaban J connectivity index is 1.73. The van der Waals surface area contributed by atoms with E-state index in [9.17, 15) is 0 Å². The molecule has 0 bridgehead atoms. The lowest BCUT2D eigenvalue weighted by Gasteiger charge is -2.16. The second-order valence-electron chi connectivity index (χ2n) is 6.73. The molecular formula is C21H26N4OS. The van der Waals surface area contributed by atoms with Gasteiger partial charge in [-0.2, -0.15) is 5.10 Å². The number of aryl methyl sites for hydroxylation is 2. The SMILES string of the molecule is CCOc1ccc(CN(C)Cn2nc(C)n(-c3ccc(C)cc3)c2=S)cc1. The molecule has 0 N–H and O–H groups in total. The second kappa shape index (κ2) is 8.50. The number of rotatable bonds is 7. The van der Waals surface area contributed by atoms with Crippen molar-refractivity contribution in [3.8, 4) is 11.4 Å². The van der Waals surface area contributed by atoms with E-state index in [1.165, 1.54) is 11.1 Å². The molecule has 1 heterocycles. The molecule has 0 fully saturated rings. The van der Waals surface area contributed by atoms with Crippen LogP contribution in [-0.4, -0.2) is 32.9 Å². The molecule has 142 valence electrons. The van der Waals surface area contributed by atoms with E-state index in [4.69, 9.17) is 17.0 Å². The van der Waals surface area contributed by atoms with E-state index in [0.717, 1.165) is 23.8 Å². The maximum atomic E-state index is 5.68. The Hall–Kier alpha value is -2.44. The first-order chi connectivity index (χ1) is 13.0. The second-order valence-corrected chi connectivity index (χ2v) is 7.10. The van der Waals surface area contributed by atoms with Crippen LogP contribution >= 0.6 is 12.2 Å². The van der Waals surface area contributed by atoms with Gasteiger partial charge in [0.25, 0.3) is 0 Å². The van der Waals surface area contributed by atoms with Crippen LogP contribution < -0.4 is 4.74 Å². The van der Waals surface area contributed by atoms with Crippen molar-refractivity contribution in [2.75, 3.05) is 13.7 Å². The molecule has 0 unspecified atom stereocenters. The molecule has 2 aromatic carbocycles. The summed E-state index contributed by atoms with van der Waals surface area (Å²) in [6.07, 6.45) is 0. The maximum Gasteiger partial charge on any atom is 0.203 e. The molecule has 0 atom stereocenters. The van der Waals surface area contributed by atoms with Crippen molar-refractivity contribution in [1.29, 1.82) is 0 Å². The smallest absolute Gasteiger partial charge is 0.203 e. The molecule has 6 heteroatoms. The molecule has 0 saturated carbocycles. The summed E-state index contributed by atoms with van der Waals surface area (Å²) in [6.45, 7) is 8.17. The van der Waals surface area contributed by atoms with Crippen LogP contribution in [0.3, 0.4) is 0 Å². The number of aromatic nitrogens is 3. The zero-order valence-electron chi connectivity index (χ0n) is 16.3. The summed E-state index contributed by atoms with van der Waals surface area (Å²) in [5, 5.41) is 4.64. The maximum absolute atomic E-state index is 5.68. The Bertz CT molecular complexity index is 942. The van der Waals surface area contributed by atoms with Gasteiger partial charge in [0.2, 0.25) is 4.77 Å². The molecule has 0 aliphatic rings. The lowest BCUT2D eigenvalue weighted by Crippen LogP contribution is -2.22. The summed E-state index contributed by atoms with van der Waals surface area (Å²) >= 11 is 5.68. The highest BCUT2D eigenvalue weighted by molar-refractivity contribution is 7.71. The molecule has 3 aromatic rings. The normalized spacial score (nSPS) is 11.1. The van der Waals surface area contributed by atoms with Gasteiger partial charge in [-0.1, -0.05) is 29.8 Å². The van der Waals surface area contributed by atoms with Crippen LogP contribution in [0.1, 0.15) is 23.9 Å². The van der Waals surface area contributed by atoms with Gasteiger partial charge in [-0.3, -0.25) is 9.47 Å². The van der Waals surface area contributed by atoms with Crippen LogP contribution in [0.5, 0.6) is 5.75 Å². The number of hydrogen-bond acceptors (Lipinski definition) is 4. The summed E-state index contributed by atoms with van der Waals surface area (Å²) in [6, 6.07) is 16.5. The average molecular weight is 383 g/mol. The molecule has 3 rings (SSSR count). The van der Waals surface area contributed by atoms with Crippen molar-refractivity contribution >= 4 is 12.2 Å². The van der Waals surface area contributed by atoms with Gasteiger partial charge in [0.1, 0.15) is 11.6 Å². The molecule has 0 aliphatic heterocycles. The molecule has 0 amide bonds. The molecule has 1 aromatic heterocycles. The summed E-state index contributed by atoms with van der Waals surface area (Å²) in [7, 11) is 2.07. The largest absolute Gasteiger partial charge is 0.494 e. The third-order valence-electron chi connectivity index (χ3n) is 4.36. The fourth-order valence-corrected chi connectivity index (χ4v) is 3.38. The van der Waals surface area contributed by atoms with E-state index in [1.807, 2.05) is 35.2 Å². The minimum atomic E-state index is 0.631. The molecule has 0 aliphatic carbocycles. The molecule has 0 radical (unpaired) electrons. The fourth-order valence-electron chi connectivity index (χ4n) is 3.05. The molecule has 5 nitrogen and oxygen atoms in total. The first kappa shape index (κ1) is 19.3. The van der Waals surface area contributed by atoms with Gasteiger partial charge in [-0.05, 0) is 69.9 Å². The van der Waals surface area contributed by atoms with Gasteiger partial charge >= 0.3 is 0 Å². The number of hydrogen-bond donors (Lipinski definition) is 0. The average Bonchev–Trinajstić information content (AvgIpc) is 2.91. The fraction of sp³-hybridized carbons (Fsp3) is 0.333. The number of benzene rings is 2. The molecule has 0 spiro atoms. The molecular weight excluding hydrogens is 356 g/mol. The zero-order valence-corrected chi connectivity index (χ0v) is 17.2. The number of ether oxygens (including phenoxy) is 1. The first-order valence-electron chi connectivity index (χ1n) is 9.11. The van der Waals surface area contributed by atoms with Gasteiger partial charge in [0.05, 0.1) is 13.3 Å². The molecule has 27 heavy (non-hydrogen) atoms. The summed E-state index contributed by atoms with van der Waals surface area (Å²) in [5.41, 5.74) is 3.50. The Labute approximate surface area is 165 Å². The quantitative estimate of drug-likeness (QED) is 0.563. The van der Waals surface area contributed by atoms with Crippen molar-refractivity contribution in [1.82, 2.24) is 19.2 Å². The summed E-state index contributed by atoms with van der Waals surface area (Å²) in [5.74, 6) is 1.79. The van der Waals surface area contributed by atoms with E-state index in [1.54, 1.807) is 0 Å². The first-order valence-corrected chi connectivity index (χ1v) is 9.52. The zero-order chi connectivity index (χ0) is 19.4. The Morgan fingerprint density at radius 2 is 1.70 bits per heavy atom. The summed E-state index contributed by atoms with van der Waals surface area (Å²) < 4.78 is 10.1. The molecule has 0 saturated heterocycles. The van der Waals surface area contributed by atoms with Crippen LogP contribution in [0.2, 0.25) is 0 Å².